The third-order valence-electron chi connectivity index (χ3n) is 3.10. The van der Waals surface area contributed by atoms with Gasteiger partial charge in [0.15, 0.2) is 0 Å². The lowest BCUT2D eigenvalue weighted by molar-refractivity contribution is 0.0783. The third kappa shape index (κ3) is 5.04. The predicted octanol–water partition coefficient (Wildman–Crippen LogP) is 2.42. The van der Waals surface area contributed by atoms with Gasteiger partial charge < -0.3 is 14.9 Å². The molecule has 132 valence electrons. The van der Waals surface area contributed by atoms with Crippen molar-refractivity contribution in [1.29, 1.82) is 0 Å². The summed E-state index contributed by atoms with van der Waals surface area (Å²) in [6.07, 6.45) is 1.70. The average Bonchev–Trinajstić information content (AvgIpc) is 2.85. The molecule has 1 aromatic carbocycles. The first-order valence-electron chi connectivity index (χ1n) is 7.48. The van der Waals surface area contributed by atoms with E-state index in [-0.39, 0.29) is 11.4 Å². The van der Waals surface area contributed by atoms with Crippen LogP contribution in [-0.4, -0.2) is 36.0 Å². The molecule has 8 heteroatoms. The van der Waals surface area contributed by atoms with E-state index < -0.39 is 20.7 Å². The molecular weight excluding hydrogens is 330 g/mol. The molecule has 2 rings (SSSR count). The maximum Gasteiger partial charge on any atom is 0.335 e. The molecule has 0 amide bonds. The third-order valence-corrected chi connectivity index (χ3v) is 3.90. The standard InChI is InChI=1S/C16H23N3O4S/c1-15(2,17)10-16(3,4)23-12-8-6-11(7-9-12)13-18-19-14(22-13)24(5,20)21/h6-9H,10,17H2,1-5H3. The highest BCUT2D eigenvalue weighted by Gasteiger charge is 2.27. The van der Waals surface area contributed by atoms with Crippen molar-refractivity contribution >= 4 is 9.84 Å². The highest BCUT2D eigenvalue weighted by atomic mass is 32.2. The molecule has 0 aliphatic carbocycles. The van der Waals surface area contributed by atoms with Crippen LogP contribution >= 0.6 is 0 Å². The summed E-state index contributed by atoms with van der Waals surface area (Å²) in [4.78, 5) is 0. The lowest BCUT2D eigenvalue weighted by Crippen LogP contribution is -2.43. The number of aromatic nitrogens is 2. The van der Waals surface area contributed by atoms with Crippen molar-refractivity contribution in [3.05, 3.63) is 24.3 Å². The van der Waals surface area contributed by atoms with Gasteiger partial charge in [0.05, 0.1) is 0 Å². The van der Waals surface area contributed by atoms with Gasteiger partial charge in [-0.05, 0) is 52.0 Å². The predicted molar refractivity (Wildman–Crippen MR) is 90.4 cm³/mol. The molecule has 2 N–H and O–H groups in total. The minimum Gasteiger partial charge on any atom is -0.488 e. The quantitative estimate of drug-likeness (QED) is 0.849. The van der Waals surface area contributed by atoms with E-state index in [4.69, 9.17) is 14.9 Å². The summed E-state index contributed by atoms with van der Waals surface area (Å²) in [7, 11) is -3.52. The molecule has 1 aromatic heterocycles. The maximum atomic E-state index is 11.4. The molecule has 0 saturated carbocycles. The van der Waals surface area contributed by atoms with E-state index in [1.165, 1.54) is 0 Å². The van der Waals surface area contributed by atoms with Gasteiger partial charge >= 0.3 is 5.22 Å². The lowest BCUT2D eigenvalue weighted by atomic mass is 9.90. The van der Waals surface area contributed by atoms with Crippen molar-refractivity contribution < 1.29 is 17.6 Å². The molecule has 0 atom stereocenters. The molecule has 0 unspecified atom stereocenters. The summed E-state index contributed by atoms with van der Waals surface area (Å²) in [6.45, 7) is 7.87. The molecular formula is C16H23N3O4S. The van der Waals surface area contributed by atoms with Crippen LogP contribution in [0.5, 0.6) is 5.75 Å². The first-order chi connectivity index (χ1) is 10.9. The molecule has 0 radical (unpaired) electrons. The molecule has 1 heterocycles. The van der Waals surface area contributed by atoms with E-state index in [2.05, 4.69) is 10.2 Å². The van der Waals surface area contributed by atoms with Gasteiger partial charge in [0, 0.05) is 23.8 Å². The molecule has 0 bridgehead atoms. The molecule has 24 heavy (non-hydrogen) atoms. The monoisotopic (exact) mass is 353 g/mol. The average molecular weight is 353 g/mol. The number of benzene rings is 1. The van der Waals surface area contributed by atoms with Crippen LogP contribution in [0.1, 0.15) is 34.1 Å². The first-order valence-corrected chi connectivity index (χ1v) is 9.37. The molecule has 0 aliphatic heterocycles. The molecule has 0 aliphatic rings. The van der Waals surface area contributed by atoms with Crippen LogP contribution in [-0.2, 0) is 9.84 Å². The number of sulfone groups is 1. The van der Waals surface area contributed by atoms with Gasteiger partial charge in [-0.1, -0.05) is 5.10 Å². The molecule has 0 fully saturated rings. The Hall–Kier alpha value is -1.93. The summed E-state index contributed by atoms with van der Waals surface area (Å²) in [6, 6.07) is 7.01. The van der Waals surface area contributed by atoms with Crippen LogP contribution in [0.25, 0.3) is 11.5 Å². The molecule has 0 spiro atoms. The highest BCUT2D eigenvalue weighted by molar-refractivity contribution is 7.90. The second kappa shape index (κ2) is 6.18. The lowest BCUT2D eigenvalue weighted by Gasteiger charge is -2.33. The Bertz CT molecular complexity index is 803. The summed E-state index contributed by atoms with van der Waals surface area (Å²) in [5, 5.41) is 6.89. The van der Waals surface area contributed by atoms with Gasteiger partial charge in [0.2, 0.25) is 15.7 Å². The van der Waals surface area contributed by atoms with Crippen LogP contribution in [0.3, 0.4) is 0 Å². The number of nitrogens with zero attached hydrogens (tertiary/aromatic N) is 2. The first kappa shape index (κ1) is 18.4. The van der Waals surface area contributed by atoms with E-state index in [0.717, 1.165) is 6.26 Å². The second-order valence-corrected chi connectivity index (χ2v) is 9.09. The van der Waals surface area contributed by atoms with E-state index in [1.54, 1.807) is 24.3 Å². The van der Waals surface area contributed by atoms with Crippen LogP contribution in [0.4, 0.5) is 0 Å². The Morgan fingerprint density at radius 1 is 1.12 bits per heavy atom. The van der Waals surface area contributed by atoms with Crippen molar-refractivity contribution in [2.75, 3.05) is 6.26 Å². The van der Waals surface area contributed by atoms with Crippen LogP contribution in [0, 0.1) is 0 Å². The van der Waals surface area contributed by atoms with Crippen molar-refractivity contribution in [2.24, 2.45) is 5.73 Å². The smallest absolute Gasteiger partial charge is 0.335 e. The molecule has 0 saturated heterocycles. The van der Waals surface area contributed by atoms with Crippen molar-refractivity contribution in [1.82, 2.24) is 10.2 Å². The summed E-state index contributed by atoms with van der Waals surface area (Å²) in [5.74, 6) is 0.820. The number of nitrogens with two attached hydrogens (primary N) is 1. The van der Waals surface area contributed by atoms with Crippen LogP contribution in [0.2, 0.25) is 0 Å². The zero-order valence-electron chi connectivity index (χ0n) is 14.5. The Balaban J connectivity index is 2.15. The van der Waals surface area contributed by atoms with Gasteiger partial charge in [-0.3, -0.25) is 0 Å². The number of ether oxygens (including phenoxy) is 1. The fourth-order valence-electron chi connectivity index (χ4n) is 2.59. The zero-order chi connectivity index (χ0) is 18.2. The van der Waals surface area contributed by atoms with E-state index in [9.17, 15) is 8.42 Å². The largest absolute Gasteiger partial charge is 0.488 e. The van der Waals surface area contributed by atoms with E-state index >= 15 is 0 Å². The van der Waals surface area contributed by atoms with Gasteiger partial charge in [0.1, 0.15) is 11.4 Å². The van der Waals surface area contributed by atoms with E-state index in [0.29, 0.717) is 17.7 Å². The fraction of sp³-hybridized carbons (Fsp3) is 0.500. The maximum absolute atomic E-state index is 11.4. The Morgan fingerprint density at radius 3 is 2.17 bits per heavy atom. The zero-order valence-corrected chi connectivity index (χ0v) is 15.3. The van der Waals surface area contributed by atoms with Crippen LogP contribution in [0.15, 0.2) is 33.9 Å². The van der Waals surface area contributed by atoms with E-state index in [1.807, 2.05) is 27.7 Å². The topological polar surface area (TPSA) is 108 Å². The SMILES string of the molecule is CC(C)(N)CC(C)(C)Oc1ccc(-c2nnc(S(C)(=O)=O)o2)cc1. The normalized spacial score (nSPS) is 13.1. The fourth-order valence-corrected chi connectivity index (χ4v) is 3.01. The number of hydrogen-bond acceptors (Lipinski definition) is 7. The van der Waals surface area contributed by atoms with Crippen molar-refractivity contribution in [3.8, 4) is 17.2 Å². The highest BCUT2D eigenvalue weighted by Crippen LogP contribution is 2.27. The van der Waals surface area contributed by atoms with Crippen molar-refractivity contribution in [3.63, 3.8) is 0 Å². The Kier molecular flexibility index (Phi) is 4.74. The summed E-state index contributed by atoms with van der Waals surface area (Å²) < 4.78 is 33.9. The van der Waals surface area contributed by atoms with Gasteiger partial charge in [-0.15, -0.1) is 5.10 Å². The minimum atomic E-state index is -3.52. The molecule has 7 nitrogen and oxygen atoms in total. The van der Waals surface area contributed by atoms with Gasteiger partial charge in [0.25, 0.3) is 0 Å². The summed E-state index contributed by atoms with van der Waals surface area (Å²) >= 11 is 0. The Labute approximate surface area is 142 Å². The van der Waals surface area contributed by atoms with Gasteiger partial charge in [-0.2, -0.15) is 0 Å². The number of rotatable bonds is 6. The van der Waals surface area contributed by atoms with Crippen LogP contribution < -0.4 is 10.5 Å². The molecule has 2 aromatic rings. The summed E-state index contributed by atoms with van der Waals surface area (Å²) in [5.41, 5.74) is 5.91. The van der Waals surface area contributed by atoms with Gasteiger partial charge in [-0.25, -0.2) is 8.42 Å². The Morgan fingerprint density at radius 2 is 1.71 bits per heavy atom. The van der Waals surface area contributed by atoms with Crippen molar-refractivity contribution in [2.45, 2.75) is 50.5 Å². The second-order valence-electron chi connectivity index (χ2n) is 7.20. The number of hydrogen-bond donors (Lipinski definition) is 1. The minimum absolute atomic E-state index is 0.143.